The van der Waals surface area contributed by atoms with Gasteiger partial charge in [0.25, 0.3) is 10.0 Å². The maximum atomic E-state index is 12.8. The van der Waals surface area contributed by atoms with Crippen LogP contribution in [0.3, 0.4) is 0 Å². The minimum Gasteiger partial charge on any atom is -0.493 e. The van der Waals surface area contributed by atoms with E-state index in [0.717, 1.165) is 0 Å². The zero-order valence-corrected chi connectivity index (χ0v) is 17.2. The van der Waals surface area contributed by atoms with Crippen molar-refractivity contribution >= 4 is 43.2 Å². The van der Waals surface area contributed by atoms with Crippen LogP contribution in [-0.4, -0.2) is 20.9 Å². The van der Waals surface area contributed by atoms with Gasteiger partial charge in [0.15, 0.2) is 0 Å². The van der Waals surface area contributed by atoms with Crippen molar-refractivity contribution in [3.8, 4) is 5.75 Å². The SMILES string of the molecule is CCOc1ccc(NS(=O)(=O)c2cc(NC(=O)CC)ccc2C)cc1Br. The van der Waals surface area contributed by atoms with Gasteiger partial charge in [-0.15, -0.1) is 0 Å². The first-order valence-electron chi connectivity index (χ1n) is 8.12. The quantitative estimate of drug-likeness (QED) is 0.671. The lowest BCUT2D eigenvalue weighted by atomic mass is 10.2. The summed E-state index contributed by atoms with van der Waals surface area (Å²) in [7, 11) is -3.81. The largest absolute Gasteiger partial charge is 0.493 e. The van der Waals surface area contributed by atoms with Crippen molar-refractivity contribution in [2.24, 2.45) is 0 Å². The van der Waals surface area contributed by atoms with Crippen molar-refractivity contribution in [3.05, 3.63) is 46.4 Å². The second kappa shape index (κ2) is 8.55. The molecule has 0 bridgehead atoms. The number of rotatable bonds is 7. The van der Waals surface area contributed by atoms with Crippen LogP contribution in [0.15, 0.2) is 45.8 Å². The van der Waals surface area contributed by atoms with Crippen LogP contribution in [0.2, 0.25) is 0 Å². The van der Waals surface area contributed by atoms with E-state index in [1.54, 1.807) is 44.2 Å². The van der Waals surface area contributed by atoms with Gasteiger partial charge in [-0.05, 0) is 65.7 Å². The second-order valence-electron chi connectivity index (χ2n) is 5.57. The molecule has 0 unspecified atom stereocenters. The molecule has 0 atom stereocenters. The zero-order chi connectivity index (χ0) is 19.3. The lowest BCUT2D eigenvalue weighted by Gasteiger charge is -2.13. The molecular formula is C18H21BrN2O4S. The molecule has 0 radical (unpaired) electrons. The van der Waals surface area contributed by atoms with Crippen LogP contribution in [0.4, 0.5) is 11.4 Å². The summed E-state index contributed by atoms with van der Waals surface area (Å²) in [4.78, 5) is 11.7. The first kappa shape index (κ1) is 20.3. The van der Waals surface area contributed by atoms with Crippen LogP contribution in [0, 0.1) is 6.92 Å². The molecule has 0 saturated carbocycles. The maximum absolute atomic E-state index is 12.8. The minimum absolute atomic E-state index is 0.108. The molecule has 0 aromatic heterocycles. The fourth-order valence-electron chi connectivity index (χ4n) is 2.26. The van der Waals surface area contributed by atoms with Gasteiger partial charge in [0.2, 0.25) is 5.91 Å². The smallest absolute Gasteiger partial charge is 0.262 e. The molecular weight excluding hydrogens is 420 g/mol. The highest BCUT2D eigenvalue weighted by Crippen LogP contribution is 2.30. The Bertz CT molecular complexity index is 913. The fourth-order valence-corrected chi connectivity index (χ4v) is 4.08. The topological polar surface area (TPSA) is 84.5 Å². The highest BCUT2D eigenvalue weighted by molar-refractivity contribution is 9.10. The van der Waals surface area contributed by atoms with Gasteiger partial charge < -0.3 is 10.1 Å². The monoisotopic (exact) mass is 440 g/mol. The standard InChI is InChI=1S/C18H21BrN2O4S/c1-4-18(22)20-13-7-6-12(3)17(11-13)26(23,24)21-14-8-9-16(25-5-2)15(19)10-14/h6-11,21H,4-5H2,1-3H3,(H,20,22). The van der Waals surface area contributed by atoms with Crippen molar-refractivity contribution in [2.45, 2.75) is 32.1 Å². The summed E-state index contributed by atoms with van der Waals surface area (Å²) in [6.45, 7) is 5.82. The Morgan fingerprint density at radius 2 is 1.81 bits per heavy atom. The van der Waals surface area contributed by atoms with Crippen LogP contribution >= 0.6 is 15.9 Å². The van der Waals surface area contributed by atoms with E-state index < -0.39 is 10.0 Å². The summed E-state index contributed by atoms with van der Waals surface area (Å²) >= 11 is 3.37. The Morgan fingerprint density at radius 1 is 1.12 bits per heavy atom. The van der Waals surface area contributed by atoms with E-state index in [1.807, 2.05) is 6.92 Å². The predicted octanol–water partition coefficient (Wildman–Crippen LogP) is 4.31. The minimum atomic E-state index is -3.81. The number of halogens is 1. The van der Waals surface area contributed by atoms with E-state index >= 15 is 0 Å². The van der Waals surface area contributed by atoms with Gasteiger partial charge in [-0.1, -0.05) is 13.0 Å². The Balaban J connectivity index is 2.31. The van der Waals surface area contributed by atoms with Gasteiger partial charge in [0.05, 0.1) is 21.7 Å². The third-order valence-electron chi connectivity index (χ3n) is 3.57. The molecule has 2 aromatic rings. The molecule has 0 aliphatic carbocycles. The van der Waals surface area contributed by atoms with Crippen molar-refractivity contribution in [2.75, 3.05) is 16.6 Å². The number of anilines is 2. The molecule has 1 amide bonds. The number of carbonyl (C=O) groups excluding carboxylic acids is 1. The molecule has 2 aromatic carbocycles. The Hall–Kier alpha value is -2.06. The first-order chi connectivity index (χ1) is 12.3. The average Bonchev–Trinajstić information content (AvgIpc) is 2.58. The van der Waals surface area contributed by atoms with Crippen molar-refractivity contribution in [1.82, 2.24) is 0 Å². The molecule has 6 nitrogen and oxygen atoms in total. The van der Waals surface area contributed by atoms with E-state index in [2.05, 4.69) is 26.0 Å². The van der Waals surface area contributed by atoms with Crippen molar-refractivity contribution in [3.63, 3.8) is 0 Å². The number of aryl methyl sites for hydroxylation is 1. The van der Waals surface area contributed by atoms with E-state index in [0.29, 0.717) is 40.2 Å². The van der Waals surface area contributed by atoms with Crippen LogP contribution in [0.25, 0.3) is 0 Å². The summed E-state index contributed by atoms with van der Waals surface area (Å²) < 4.78 is 34.2. The van der Waals surface area contributed by atoms with Crippen molar-refractivity contribution in [1.29, 1.82) is 0 Å². The molecule has 0 fully saturated rings. The summed E-state index contributed by atoms with van der Waals surface area (Å²) in [5, 5.41) is 2.67. The van der Waals surface area contributed by atoms with Crippen LogP contribution in [-0.2, 0) is 14.8 Å². The molecule has 8 heteroatoms. The number of nitrogens with one attached hydrogen (secondary N) is 2. The zero-order valence-electron chi connectivity index (χ0n) is 14.8. The Kier molecular flexibility index (Phi) is 6.66. The lowest BCUT2D eigenvalue weighted by Crippen LogP contribution is -2.16. The van der Waals surface area contributed by atoms with E-state index in [-0.39, 0.29) is 10.8 Å². The van der Waals surface area contributed by atoms with Gasteiger partial charge in [-0.3, -0.25) is 9.52 Å². The number of benzene rings is 2. The molecule has 0 saturated heterocycles. The summed E-state index contributed by atoms with van der Waals surface area (Å²) in [5.74, 6) is 0.455. The van der Waals surface area contributed by atoms with Crippen LogP contribution < -0.4 is 14.8 Å². The van der Waals surface area contributed by atoms with Gasteiger partial charge in [0.1, 0.15) is 5.75 Å². The van der Waals surface area contributed by atoms with E-state index in [9.17, 15) is 13.2 Å². The lowest BCUT2D eigenvalue weighted by molar-refractivity contribution is -0.115. The van der Waals surface area contributed by atoms with Crippen LogP contribution in [0.1, 0.15) is 25.8 Å². The van der Waals surface area contributed by atoms with Gasteiger partial charge >= 0.3 is 0 Å². The van der Waals surface area contributed by atoms with Gasteiger partial charge in [-0.2, -0.15) is 0 Å². The molecule has 2 N–H and O–H groups in total. The van der Waals surface area contributed by atoms with E-state index in [1.165, 1.54) is 6.07 Å². The number of carbonyl (C=O) groups is 1. The number of hydrogen-bond donors (Lipinski definition) is 2. The molecule has 0 aliphatic heterocycles. The maximum Gasteiger partial charge on any atom is 0.262 e. The van der Waals surface area contributed by atoms with Crippen LogP contribution in [0.5, 0.6) is 5.75 Å². The Morgan fingerprint density at radius 3 is 2.42 bits per heavy atom. The highest BCUT2D eigenvalue weighted by atomic mass is 79.9. The number of amides is 1. The number of hydrogen-bond acceptors (Lipinski definition) is 4. The molecule has 0 aliphatic rings. The van der Waals surface area contributed by atoms with Gasteiger partial charge in [0, 0.05) is 12.1 Å². The molecule has 140 valence electrons. The normalized spacial score (nSPS) is 11.1. The van der Waals surface area contributed by atoms with E-state index in [4.69, 9.17) is 4.74 Å². The fraction of sp³-hybridized carbons (Fsp3) is 0.278. The van der Waals surface area contributed by atoms with Crippen molar-refractivity contribution < 1.29 is 17.9 Å². The third kappa shape index (κ3) is 4.98. The molecule has 26 heavy (non-hydrogen) atoms. The third-order valence-corrected chi connectivity index (χ3v) is 5.71. The average molecular weight is 441 g/mol. The number of ether oxygens (including phenoxy) is 1. The summed E-state index contributed by atoms with van der Waals surface area (Å²) in [6, 6.07) is 9.75. The summed E-state index contributed by atoms with van der Waals surface area (Å²) in [6.07, 6.45) is 0.314. The van der Waals surface area contributed by atoms with Gasteiger partial charge in [-0.25, -0.2) is 8.42 Å². The molecule has 0 spiro atoms. The Labute approximate surface area is 162 Å². The highest BCUT2D eigenvalue weighted by Gasteiger charge is 2.18. The molecule has 2 rings (SSSR count). The predicted molar refractivity (Wildman–Crippen MR) is 106 cm³/mol. The molecule has 0 heterocycles. The number of sulfonamides is 1. The summed E-state index contributed by atoms with van der Waals surface area (Å²) in [5.41, 5.74) is 1.43. The second-order valence-corrected chi connectivity index (χ2v) is 8.07. The first-order valence-corrected chi connectivity index (χ1v) is 10.4.